The van der Waals surface area contributed by atoms with E-state index in [2.05, 4.69) is 34.1 Å². The van der Waals surface area contributed by atoms with Gasteiger partial charge in [0.15, 0.2) is 22.5 Å². The van der Waals surface area contributed by atoms with E-state index in [1.807, 2.05) is 31.2 Å². The zero-order valence-electron chi connectivity index (χ0n) is 20.4. The van der Waals surface area contributed by atoms with E-state index >= 15 is 0 Å². The number of amides is 1. The lowest BCUT2D eigenvalue weighted by Crippen LogP contribution is -3.00. The number of hydrogen-bond acceptors (Lipinski definition) is 7. The molecule has 1 amide bonds. The maximum atomic E-state index is 12.3. The predicted molar refractivity (Wildman–Crippen MR) is 136 cm³/mol. The van der Waals surface area contributed by atoms with Crippen LogP contribution in [0.4, 0.5) is 11.6 Å². The summed E-state index contributed by atoms with van der Waals surface area (Å²) < 4.78 is 27.8. The van der Waals surface area contributed by atoms with E-state index in [-0.39, 0.29) is 45.2 Å². The first kappa shape index (κ1) is 31.0. The van der Waals surface area contributed by atoms with Crippen molar-refractivity contribution in [3.63, 3.8) is 0 Å². The molecule has 13 heteroatoms. The molecule has 2 rings (SSSR count). The summed E-state index contributed by atoms with van der Waals surface area (Å²) in [7, 11) is 0.806. The van der Waals surface area contributed by atoms with Gasteiger partial charge >= 0.3 is 0 Å². The fourth-order valence-electron chi connectivity index (χ4n) is 3.30. The summed E-state index contributed by atoms with van der Waals surface area (Å²) in [6.45, 7) is 4.40. The van der Waals surface area contributed by atoms with Gasteiger partial charge in [-0.05, 0) is 31.7 Å². The van der Waals surface area contributed by atoms with Gasteiger partial charge in [-0.1, -0.05) is 41.4 Å². The lowest BCUT2D eigenvalue weighted by molar-refractivity contribution is -0.889. The molecule has 0 fully saturated rings. The summed E-state index contributed by atoms with van der Waals surface area (Å²) in [6, 6.07) is 7.50. The topological polar surface area (TPSA) is 153 Å². The zero-order valence-corrected chi connectivity index (χ0v) is 23.5. The summed E-state index contributed by atoms with van der Waals surface area (Å²) in [5.41, 5.74) is 13.1. The van der Waals surface area contributed by atoms with Crippen molar-refractivity contribution in [1.29, 1.82) is 0 Å². The maximum Gasteiger partial charge on any atom is 0.273 e. The number of nitrogens with one attached hydrogen (secondary N) is 2. The van der Waals surface area contributed by atoms with Crippen LogP contribution < -0.4 is 38.5 Å². The zero-order chi connectivity index (χ0) is 25.4. The van der Waals surface area contributed by atoms with Crippen LogP contribution in [0.1, 0.15) is 40.9 Å². The molecule has 6 N–H and O–H groups in total. The van der Waals surface area contributed by atoms with Crippen molar-refractivity contribution < 1.29 is 34.7 Å². The summed E-state index contributed by atoms with van der Waals surface area (Å²) >= 11 is 5.82. The Morgan fingerprint density at radius 1 is 1.00 bits per heavy atom. The van der Waals surface area contributed by atoms with Crippen molar-refractivity contribution >= 4 is 39.2 Å². The number of hydrogen-bond donors (Lipinski definition) is 4. The van der Waals surface area contributed by atoms with Crippen LogP contribution in [0, 0.1) is 6.92 Å². The first-order chi connectivity index (χ1) is 15.9. The van der Waals surface area contributed by atoms with Crippen LogP contribution in [0.25, 0.3) is 0 Å². The first-order valence-electron chi connectivity index (χ1n) is 11.1. The Morgan fingerprint density at radius 3 is 2.31 bits per heavy atom. The van der Waals surface area contributed by atoms with Crippen LogP contribution in [0.5, 0.6) is 0 Å². The SMILES string of the molecule is Cc1ccc(CS(=O)(=O)NCCCCC[N+](C)(C)CCNC(=O)c2nc(Cl)c(N)nc2N)cc1.[Br-]. The highest BCUT2D eigenvalue weighted by Gasteiger charge is 2.19. The standard InChI is InChI=1S/C22H34ClN7O3S.BrH/c1-16-7-9-17(10-8-16)15-34(32,33)27-11-5-4-6-13-30(2,3)14-12-26-22(31)18-20(24)29-21(25)19(23)28-18;/h7-10,27H,4-6,11-15H2,1-3H3,(H4-,24,25,26,29,31);1H. The van der Waals surface area contributed by atoms with Crippen molar-refractivity contribution in [3.8, 4) is 0 Å². The third-order valence-corrected chi connectivity index (χ3v) is 7.00. The number of likely N-dealkylation sites (N-methyl/N-ethyl adjacent to an activating group) is 1. The van der Waals surface area contributed by atoms with Crippen LogP contribution in [-0.2, 0) is 15.8 Å². The van der Waals surface area contributed by atoms with E-state index in [0.29, 0.717) is 24.1 Å². The van der Waals surface area contributed by atoms with Crippen LogP contribution in [0.15, 0.2) is 24.3 Å². The molecular formula is C22H35BrClN7O3S. The monoisotopic (exact) mass is 591 g/mol. The molecule has 0 saturated heterocycles. The highest BCUT2D eigenvalue weighted by Crippen LogP contribution is 2.17. The summed E-state index contributed by atoms with van der Waals surface area (Å²) in [5.74, 6) is -0.553. The third-order valence-electron chi connectivity index (χ3n) is 5.36. The molecule has 0 saturated carbocycles. The van der Waals surface area contributed by atoms with Crippen molar-refractivity contribution in [2.75, 3.05) is 51.7 Å². The summed E-state index contributed by atoms with van der Waals surface area (Å²) in [4.78, 5) is 20.0. The number of nitrogens with zero attached hydrogens (tertiary/aromatic N) is 3. The molecular weight excluding hydrogens is 558 g/mol. The molecule has 0 aliphatic heterocycles. The van der Waals surface area contributed by atoms with Crippen molar-refractivity contribution in [3.05, 3.63) is 46.2 Å². The van der Waals surface area contributed by atoms with Gasteiger partial charge < -0.3 is 38.2 Å². The number of anilines is 2. The average molecular weight is 593 g/mol. The fraction of sp³-hybridized carbons (Fsp3) is 0.500. The van der Waals surface area contributed by atoms with Gasteiger partial charge in [0.2, 0.25) is 10.0 Å². The van der Waals surface area contributed by atoms with E-state index in [4.69, 9.17) is 23.1 Å². The second-order valence-electron chi connectivity index (χ2n) is 8.97. The number of carbonyl (C=O) groups is 1. The number of benzene rings is 1. The third kappa shape index (κ3) is 11.1. The number of unbranched alkanes of at least 4 members (excludes halogenated alkanes) is 2. The van der Waals surface area contributed by atoms with Crippen LogP contribution in [0.3, 0.4) is 0 Å². The average Bonchev–Trinajstić information content (AvgIpc) is 2.74. The molecule has 0 aliphatic rings. The summed E-state index contributed by atoms with van der Waals surface area (Å²) in [6.07, 6.45) is 2.60. The van der Waals surface area contributed by atoms with Gasteiger partial charge in [-0.3, -0.25) is 4.79 Å². The lowest BCUT2D eigenvalue weighted by Gasteiger charge is -2.30. The Bertz CT molecular complexity index is 1080. The number of sulfonamides is 1. The molecule has 0 spiro atoms. The second kappa shape index (κ2) is 13.9. The Kier molecular flexibility index (Phi) is 12.4. The molecule has 196 valence electrons. The van der Waals surface area contributed by atoms with Gasteiger partial charge in [-0.15, -0.1) is 0 Å². The highest BCUT2D eigenvalue weighted by atomic mass is 79.9. The first-order valence-corrected chi connectivity index (χ1v) is 13.1. The fourth-order valence-corrected chi connectivity index (χ4v) is 4.62. The predicted octanol–water partition coefficient (Wildman–Crippen LogP) is -1.30. The Labute approximate surface area is 223 Å². The molecule has 0 bridgehead atoms. The van der Waals surface area contributed by atoms with E-state index in [1.165, 1.54) is 0 Å². The Hall–Kier alpha value is -1.99. The number of quaternary nitrogens is 1. The minimum Gasteiger partial charge on any atom is -1.00 e. The number of nitrogen functional groups attached to an aromatic ring is 2. The van der Waals surface area contributed by atoms with Crippen LogP contribution >= 0.6 is 11.6 Å². The van der Waals surface area contributed by atoms with Gasteiger partial charge in [-0.2, -0.15) is 0 Å². The number of aromatic nitrogens is 2. The Balaban J connectivity index is 0.00000612. The van der Waals surface area contributed by atoms with E-state index in [1.54, 1.807) is 0 Å². The molecule has 1 aromatic heterocycles. The number of rotatable bonds is 13. The second-order valence-corrected chi connectivity index (χ2v) is 11.1. The molecule has 0 radical (unpaired) electrons. The normalized spacial score (nSPS) is 11.7. The van der Waals surface area contributed by atoms with E-state index < -0.39 is 15.9 Å². The molecule has 0 aliphatic carbocycles. The van der Waals surface area contributed by atoms with E-state index in [9.17, 15) is 13.2 Å². The largest absolute Gasteiger partial charge is 1.00 e. The number of halogens is 2. The van der Waals surface area contributed by atoms with E-state index in [0.717, 1.165) is 36.9 Å². The quantitative estimate of drug-likeness (QED) is 0.167. The van der Waals surface area contributed by atoms with Crippen molar-refractivity contribution in [1.82, 2.24) is 20.0 Å². The lowest BCUT2D eigenvalue weighted by atomic mass is 10.2. The van der Waals surface area contributed by atoms with Gasteiger partial charge in [0, 0.05) is 6.54 Å². The van der Waals surface area contributed by atoms with Crippen LogP contribution in [0.2, 0.25) is 5.15 Å². The molecule has 2 aromatic rings. The van der Waals surface area contributed by atoms with Gasteiger partial charge in [0.25, 0.3) is 5.91 Å². The molecule has 1 aromatic carbocycles. The minimum atomic E-state index is -3.34. The van der Waals surface area contributed by atoms with Gasteiger partial charge in [-0.25, -0.2) is 23.1 Å². The highest BCUT2D eigenvalue weighted by molar-refractivity contribution is 7.88. The molecule has 0 atom stereocenters. The smallest absolute Gasteiger partial charge is 0.273 e. The molecule has 35 heavy (non-hydrogen) atoms. The van der Waals surface area contributed by atoms with Gasteiger partial charge in [0.1, 0.15) is 0 Å². The molecule has 1 heterocycles. The van der Waals surface area contributed by atoms with Crippen molar-refractivity contribution in [2.45, 2.75) is 31.9 Å². The number of nitrogens with two attached hydrogens (primary N) is 2. The Morgan fingerprint density at radius 2 is 1.66 bits per heavy atom. The maximum absolute atomic E-state index is 12.3. The number of carbonyl (C=O) groups excluding carboxylic acids is 1. The summed E-state index contributed by atoms with van der Waals surface area (Å²) in [5, 5.41) is 2.72. The molecule has 10 nitrogen and oxygen atoms in total. The van der Waals surface area contributed by atoms with Crippen LogP contribution in [-0.4, -0.2) is 69.1 Å². The molecule has 0 unspecified atom stereocenters. The minimum absolute atomic E-state index is 0. The number of aryl methyl sites for hydroxylation is 1. The van der Waals surface area contributed by atoms with Gasteiger partial charge in [0.05, 0.1) is 39.5 Å². The van der Waals surface area contributed by atoms with Crippen molar-refractivity contribution in [2.24, 2.45) is 0 Å².